The fourth-order valence-electron chi connectivity index (χ4n) is 1.77. The Hall–Kier alpha value is -1.72. The third-order valence-corrected chi connectivity index (χ3v) is 2.77. The predicted octanol–water partition coefficient (Wildman–Crippen LogP) is 1.14. The summed E-state index contributed by atoms with van der Waals surface area (Å²) in [6.45, 7) is 7.10. The summed E-state index contributed by atoms with van der Waals surface area (Å²) in [4.78, 5) is 11.6. The zero-order chi connectivity index (χ0) is 14.4. The number of anilines is 2. The summed E-state index contributed by atoms with van der Waals surface area (Å²) >= 11 is 0. The van der Waals surface area contributed by atoms with Crippen LogP contribution in [0.15, 0.2) is 0 Å². The minimum Gasteiger partial charge on any atom is -0.394 e. The molecule has 6 heteroatoms. The van der Waals surface area contributed by atoms with Crippen LogP contribution in [0.4, 0.5) is 11.5 Å². The number of aromatic nitrogens is 2. The molecular weight excluding hydrogens is 242 g/mol. The van der Waals surface area contributed by atoms with E-state index in [0.29, 0.717) is 24.0 Å². The molecule has 6 nitrogen and oxygen atoms in total. The predicted molar refractivity (Wildman–Crippen MR) is 78.0 cm³/mol. The lowest BCUT2D eigenvalue weighted by Gasteiger charge is -2.10. The Bertz CT molecular complexity index is 425. The van der Waals surface area contributed by atoms with Crippen molar-refractivity contribution in [2.24, 2.45) is 13.0 Å². The van der Waals surface area contributed by atoms with Gasteiger partial charge in [0.1, 0.15) is 5.82 Å². The van der Waals surface area contributed by atoms with Gasteiger partial charge in [0, 0.05) is 13.6 Å². The quantitative estimate of drug-likeness (QED) is 0.691. The molecule has 0 aliphatic heterocycles. The van der Waals surface area contributed by atoms with Gasteiger partial charge in [-0.05, 0) is 12.3 Å². The number of amides is 1. The van der Waals surface area contributed by atoms with E-state index in [9.17, 15) is 4.79 Å². The maximum absolute atomic E-state index is 11.6. The molecule has 1 aromatic rings. The monoisotopic (exact) mass is 267 g/mol. The van der Waals surface area contributed by atoms with E-state index in [1.54, 1.807) is 4.68 Å². The number of hydrogen-bond acceptors (Lipinski definition) is 4. The summed E-state index contributed by atoms with van der Waals surface area (Å²) in [5, 5.41) is 10.2. The van der Waals surface area contributed by atoms with Gasteiger partial charge in [0.2, 0.25) is 5.91 Å². The van der Waals surface area contributed by atoms with E-state index < -0.39 is 0 Å². The van der Waals surface area contributed by atoms with Gasteiger partial charge in [-0.25, -0.2) is 0 Å². The zero-order valence-electron chi connectivity index (χ0n) is 12.3. The minimum atomic E-state index is -0.0358. The van der Waals surface area contributed by atoms with Crippen molar-refractivity contribution in [1.82, 2.24) is 15.1 Å². The van der Waals surface area contributed by atoms with Gasteiger partial charge >= 0.3 is 0 Å². The van der Waals surface area contributed by atoms with Crippen LogP contribution in [-0.4, -0.2) is 28.8 Å². The van der Waals surface area contributed by atoms with Crippen LogP contribution >= 0.6 is 0 Å². The maximum Gasteiger partial charge on any atom is 0.239 e. The lowest BCUT2D eigenvalue weighted by atomic mass is 10.2. The average Bonchev–Trinajstić information content (AvgIpc) is 2.60. The highest BCUT2D eigenvalue weighted by molar-refractivity contribution is 5.81. The molecular formula is C13H25N5O. The van der Waals surface area contributed by atoms with Crippen LogP contribution in [0, 0.1) is 5.92 Å². The van der Waals surface area contributed by atoms with E-state index in [-0.39, 0.29) is 12.5 Å². The summed E-state index contributed by atoms with van der Waals surface area (Å²) in [6, 6.07) is 0. The van der Waals surface area contributed by atoms with Gasteiger partial charge in [-0.3, -0.25) is 9.48 Å². The van der Waals surface area contributed by atoms with Gasteiger partial charge in [-0.15, -0.1) is 0 Å². The lowest BCUT2D eigenvalue weighted by Crippen LogP contribution is -2.32. The SMILES string of the molecule is CCCc1nn(C)c(NCC(=O)NCC(C)C)c1N. The first-order chi connectivity index (χ1) is 8.95. The fraction of sp³-hybridized carbons (Fsp3) is 0.692. The van der Waals surface area contributed by atoms with E-state index in [1.807, 2.05) is 7.05 Å². The van der Waals surface area contributed by atoms with E-state index in [1.165, 1.54) is 0 Å². The standard InChI is InChI=1S/C13H25N5O/c1-5-6-10-12(14)13(18(4)17-10)16-8-11(19)15-7-9(2)3/h9,16H,5-8,14H2,1-4H3,(H,15,19). The average molecular weight is 267 g/mol. The molecule has 0 aliphatic rings. The Morgan fingerprint density at radius 2 is 2.16 bits per heavy atom. The summed E-state index contributed by atoms with van der Waals surface area (Å²) < 4.78 is 1.69. The molecule has 1 amide bonds. The maximum atomic E-state index is 11.6. The number of aryl methyl sites for hydroxylation is 2. The molecule has 0 radical (unpaired) electrons. The van der Waals surface area contributed by atoms with Crippen molar-refractivity contribution in [1.29, 1.82) is 0 Å². The van der Waals surface area contributed by atoms with Crippen molar-refractivity contribution in [2.75, 3.05) is 24.1 Å². The third kappa shape index (κ3) is 4.46. The topological polar surface area (TPSA) is 85.0 Å². The summed E-state index contributed by atoms with van der Waals surface area (Å²) in [7, 11) is 1.82. The van der Waals surface area contributed by atoms with Gasteiger partial charge in [-0.1, -0.05) is 27.2 Å². The van der Waals surface area contributed by atoms with Crippen LogP contribution in [0.25, 0.3) is 0 Å². The number of hydrogen-bond donors (Lipinski definition) is 3. The molecule has 4 N–H and O–H groups in total. The molecule has 0 bridgehead atoms. The van der Waals surface area contributed by atoms with Gasteiger partial charge < -0.3 is 16.4 Å². The molecule has 0 unspecified atom stereocenters. The van der Waals surface area contributed by atoms with Crippen molar-refractivity contribution in [3.05, 3.63) is 5.69 Å². The number of carbonyl (C=O) groups excluding carboxylic acids is 1. The summed E-state index contributed by atoms with van der Waals surface area (Å²) in [5.41, 5.74) is 7.55. The first kappa shape index (κ1) is 15.3. The number of nitrogens with one attached hydrogen (secondary N) is 2. The second kappa shape index (κ2) is 7.01. The Labute approximate surface area is 114 Å². The first-order valence-corrected chi connectivity index (χ1v) is 6.77. The van der Waals surface area contributed by atoms with E-state index in [2.05, 4.69) is 36.5 Å². The second-order valence-electron chi connectivity index (χ2n) is 5.13. The van der Waals surface area contributed by atoms with Crippen molar-refractivity contribution in [3.8, 4) is 0 Å². The highest BCUT2D eigenvalue weighted by atomic mass is 16.1. The number of nitrogens with zero attached hydrogens (tertiary/aromatic N) is 2. The number of nitrogens with two attached hydrogens (primary N) is 1. The molecule has 0 saturated heterocycles. The highest BCUT2D eigenvalue weighted by Crippen LogP contribution is 2.22. The molecule has 1 heterocycles. The van der Waals surface area contributed by atoms with Crippen molar-refractivity contribution < 1.29 is 4.79 Å². The Morgan fingerprint density at radius 3 is 2.74 bits per heavy atom. The van der Waals surface area contributed by atoms with Crippen LogP contribution in [0.3, 0.4) is 0 Å². The van der Waals surface area contributed by atoms with E-state index >= 15 is 0 Å². The van der Waals surface area contributed by atoms with Gasteiger partial charge in [0.15, 0.2) is 0 Å². The summed E-state index contributed by atoms with van der Waals surface area (Å²) in [6.07, 6.45) is 1.84. The Morgan fingerprint density at radius 1 is 1.47 bits per heavy atom. The Kier molecular flexibility index (Phi) is 5.66. The molecule has 1 aromatic heterocycles. The molecule has 108 valence electrons. The van der Waals surface area contributed by atoms with E-state index in [0.717, 1.165) is 18.5 Å². The van der Waals surface area contributed by atoms with Crippen molar-refractivity contribution in [3.63, 3.8) is 0 Å². The number of carbonyl (C=O) groups is 1. The van der Waals surface area contributed by atoms with E-state index in [4.69, 9.17) is 5.73 Å². The van der Waals surface area contributed by atoms with Gasteiger partial charge in [0.05, 0.1) is 17.9 Å². The molecule has 19 heavy (non-hydrogen) atoms. The van der Waals surface area contributed by atoms with Crippen LogP contribution in [0.5, 0.6) is 0 Å². The van der Waals surface area contributed by atoms with Gasteiger partial charge in [0.25, 0.3) is 0 Å². The fourth-order valence-corrected chi connectivity index (χ4v) is 1.77. The normalized spacial score (nSPS) is 10.8. The molecule has 0 spiro atoms. The Balaban J connectivity index is 2.55. The van der Waals surface area contributed by atoms with Gasteiger partial charge in [-0.2, -0.15) is 5.10 Å². The molecule has 0 aromatic carbocycles. The van der Waals surface area contributed by atoms with Crippen LogP contribution in [0.2, 0.25) is 0 Å². The van der Waals surface area contributed by atoms with Crippen LogP contribution in [0.1, 0.15) is 32.9 Å². The third-order valence-electron chi connectivity index (χ3n) is 2.77. The molecule has 0 saturated carbocycles. The molecule has 0 atom stereocenters. The van der Waals surface area contributed by atoms with Crippen molar-refractivity contribution >= 4 is 17.4 Å². The molecule has 0 fully saturated rings. The first-order valence-electron chi connectivity index (χ1n) is 6.77. The smallest absolute Gasteiger partial charge is 0.239 e. The summed E-state index contributed by atoms with van der Waals surface area (Å²) in [5.74, 6) is 1.12. The number of rotatable bonds is 7. The number of nitrogen functional groups attached to an aromatic ring is 1. The van der Waals surface area contributed by atoms with Crippen LogP contribution < -0.4 is 16.4 Å². The second-order valence-corrected chi connectivity index (χ2v) is 5.13. The zero-order valence-corrected chi connectivity index (χ0v) is 12.3. The largest absolute Gasteiger partial charge is 0.394 e. The minimum absolute atomic E-state index is 0.0358. The van der Waals surface area contributed by atoms with Crippen LogP contribution in [-0.2, 0) is 18.3 Å². The molecule has 1 rings (SSSR count). The highest BCUT2D eigenvalue weighted by Gasteiger charge is 2.13. The van der Waals surface area contributed by atoms with Crippen molar-refractivity contribution in [2.45, 2.75) is 33.6 Å². The molecule has 0 aliphatic carbocycles. The lowest BCUT2D eigenvalue weighted by molar-refractivity contribution is -0.119.